The first-order valence-corrected chi connectivity index (χ1v) is 20.1. The van der Waals surface area contributed by atoms with E-state index in [1.165, 1.54) is 48.8 Å². The van der Waals surface area contributed by atoms with Crippen LogP contribution < -0.4 is 48.8 Å². The molecule has 1 aliphatic rings. The number of hydrogen-bond acceptors (Lipinski definition) is 13. The second-order valence-corrected chi connectivity index (χ2v) is 15.3. The fourth-order valence-electron chi connectivity index (χ4n) is 5.55. The number of aliphatic carboxylic acids is 1. The number of benzene rings is 1. The summed E-state index contributed by atoms with van der Waals surface area (Å²) in [7, 11) is -4.32. The molecule has 0 radical (unpaired) electrons. The van der Waals surface area contributed by atoms with Crippen LogP contribution in [-0.4, -0.2) is 120 Å². The van der Waals surface area contributed by atoms with Gasteiger partial charge in [0.15, 0.2) is 5.96 Å². The number of aliphatic imine (C=N–C) groups is 1. The van der Waals surface area contributed by atoms with E-state index in [9.17, 15) is 47.1 Å². The summed E-state index contributed by atoms with van der Waals surface area (Å²) in [6.07, 6.45) is 2.70. The Morgan fingerprint density at radius 1 is 0.883 bits per heavy atom. The van der Waals surface area contributed by atoms with Gasteiger partial charge in [-0.1, -0.05) is 26.0 Å². The van der Waals surface area contributed by atoms with Crippen molar-refractivity contribution in [3.63, 3.8) is 0 Å². The van der Waals surface area contributed by atoms with Crippen molar-refractivity contribution in [3.05, 3.63) is 53.7 Å². The summed E-state index contributed by atoms with van der Waals surface area (Å²) >= 11 is 0. The summed E-state index contributed by atoms with van der Waals surface area (Å²) in [6.45, 7) is 2.92. The van der Waals surface area contributed by atoms with Crippen LogP contribution in [0.25, 0.3) is 0 Å². The predicted octanol–water partition coefficient (Wildman–Crippen LogP) is -2.07. The Labute approximate surface area is 345 Å². The van der Waals surface area contributed by atoms with Gasteiger partial charge in [0, 0.05) is 19.3 Å². The van der Waals surface area contributed by atoms with Gasteiger partial charge in [-0.05, 0) is 67.9 Å². The Morgan fingerprint density at radius 3 is 2.15 bits per heavy atom. The average molecular weight is 859 g/mol. The Hall–Kier alpha value is -6.69. The molecular formula is C36H50N12O11S. The highest BCUT2D eigenvalue weighted by Crippen LogP contribution is 2.12. The molecule has 2 heterocycles. The number of guanidine groups is 1. The smallest absolute Gasteiger partial charge is 0.305 e. The molecule has 0 saturated carbocycles. The molecule has 60 heavy (non-hydrogen) atoms. The number of hydrazone groups is 1. The lowest BCUT2D eigenvalue weighted by Crippen LogP contribution is -2.59. The Morgan fingerprint density at radius 2 is 1.53 bits per heavy atom. The van der Waals surface area contributed by atoms with Gasteiger partial charge in [-0.3, -0.25) is 48.5 Å². The van der Waals surface area contributed by atoms with Gasteiger partial charge >= 0.3 is 5.97 Å². The fraction of sp³-hybridized carbons (Fsp3) is 0.444. The van der Waals surface area contributed by atoms with E-state index in [2.05, 4.69) is 52.4 Å². The molecule has 1 saturated heterocycles. The molecule has 3 rings (SSSR count). The predicted molar refractivity (Wildman–Crippen MR) is 216 cm³/mol. The van der Waals surface area contributed by atoms with E-state index in [0.29, 0.717) is 17.8 Å². The molecule has 1 aromatic carbocycles. The highest BCUT2D eigenvalue weighted by molar-refractivity contribution is 7.85. The highest BCUT2D eigenvalue weighted by atomic mass is 32.2. The van der Waals surface area contributed by atoms with Gasteiger partial charge in [-0.25, -0.2) is 4.98 Å². The average Bonchev–Trinajstić information content (AvgIpc) is 3.18. The maximum atomic E-state index is 13.7. The van der Waals surface area contributed by atoms with Crippen molar-refractivity contribution < 1.29 is 51.6 Å². The number of nitrogens with one attached hydrogen (secondary N) is 7. The SMILES string of the molecule is CC(C)[C@H]1NC(=O)[C@H](CCCCNC(=O)c2ccc(N/N=C/c3ccc(S(=O)(=O)O)cc3)nc2)NC(=O)[C@H](CC(=O)O)NC(=O)CNC(=O)[C@H](CCCN=C(N)N)NC1=O. The van der Waals surface area contributed by atoms with Crippen LogP contribution in [0.2, 0.25) is 0 Å². The van der Waals surface area contributed by atoms with E-state index in [1.54, 1.807) is 13.8 Å². The number of carboxylic acid groups (broad SMARTS) is 1. The number of carbonyl (C=O) groups is 7. The molecule has 6 amide bonds. The Bertz CT molecular complexity index is 2020. The summed E-state index contributed by atoms with van der Waals surface area (Å²) in [5.74, 6) is -6.42. The summed E-state index contributed by atoms with van der Waals surface area (Å²) in [6, 6.07) is 3.00. The van der Waals surface area contributed by atoms with Gasteiger partial charge < -0.3 is 48.5 Å². The van der Waals surface area contributed by atoms with E-state index < -0.39 is 94.6 Å². The zero-order chi connectivity index (χ0) is 44.4. The van der Waals surface area contributed by atoms with Crippen LogP contribution in [0.1, 0.15) is 68.3 Å². The lowest BCUT2D eigenvalue weighted by molar-refractivity contribution is -0.141. The largest absolute Gasteiger partial charge is 0.481 e. The zero-order valence-electron chi connectivity index (χ0n) is 32.8. The Kier molecular flexibility index (Phi) is 18.3. The molecule has 1 aliphatic heterocycles. The molecule has 2 aromatic rings. The molecule has 0 spiro atoms. The minimum Gasteiger partial charge on any atom is -0.481 e. The van der Waals surface area contributed by atoms with Gasteiger partial charge in [-0.15, -0.1) is 0 Å². The van der Waals surface area contributed by atoms with Crippen molar-refractivity contribution in [1.29, 1.82) is 0 Å². The molecular weight excluding hydrogens is 809 g/mol. The van der Waals surface area contributed by atoms with E-state index in [4.69, 9.17) is 16.0 Å². The number of aromatic nitrogens is 1. The van der Waals surface area contributed by atoms with Crippen molar-refractivity contribution in [1.82, 2.24) is 36.9 Å². The summed E-state index contributed by atoms with van der Waals surface area (Å²) < 4.78 is 31.5. The number of nitrogens with zero attached hydrogens (tertiary/aromatic N) is 3. The van der Waals surface area contributed by atoms with Crippen LogP contribution in [-0.2, 0) is 38.9 Å². The number of hydrogen-bond donors (Lipinski definition) is 11. The van der Waals surface area contributed by atoms with Crippen LogP contribution in [0.4, 0.5) is 5.82 Å². The number of unbranched alkanes of at least 4 members (excludes halogenated alkanes) is 1. The number of rotatable bonds is 17. The van der Waals surface area contributed by atoms with Crippen LogP contribution in [0.3, 0.4) is 0 Å². The third kappa shape index (κ3) is 16.3. The monoisotopic (exact) mass is 858 g/mol. The molecule has 0 bridgehead atoms. The van der Waals surface area contributed by atoms with Gasteiger partial charge in [0.05, 0.1) is 29.6 Å². The number of nitrogens with two attached hydrogens (primary N) is 2. The first-order valence-electron chi connectivity index (χ1n) is 18.7. The number of carbonyl (C=O) groups excluding carboxylic acids is 6. The van der Waals surface area contributed by atoms with Crippen molar-refractivity contribution in [3.8, 4) is 0 Å². The van der Waals surface area contributed by atoms with Crippen LogP contribution in [0, 0.1) is 5.92 Å². The maximum absolute atomic E-state index is 13.7. The fourth-order valence-corrected chi connectivity index (χ4v) is 6.03. The first-order chi connectivity index (χ1) is 28.3. The normalized spacial score (nSPS) is 19.4. The van der Waals surface area contributed by atoms with Crippen molar-refractivity contribution >= 4 is 69.5 Å². The van der Waals surface area contributed by atoms with Crippen LogP contribution in [0.5, 0.6) is 0 Å². The van der Waals surface area contributed by atoms with Crippen molar-refractivity contribution in [2.45, 2.75) is 81.4 Å². The number of pyridine rings is 1. The minimum atomic E-state index is -4.32. The third-order valence-corrected chi connectivity index (χ3v) is 9.58. The molecule has 326 valence electrons. The van der Waals surface area contributed by atoms with E-state index in [1.807, 2.05) is 0 Å². The van der Waals surface area contributed by atoms with Gasteiger partial charge in [-0.2, -0.15) is 13.5 Å². The van der Waals surface area contributed by atoms with Crippen LogP contribution in [0.15, 0.2) is 57.6 Å². The Balaban J connectivity index is 1.65. The van der Waals surface area contributed by atoms with Gasteiger partial charge in [0.2, 0.25) is 29.5 Å². The summed E-state index contributed by atoms with van der Waals surface area (Å²) in [4.78, 5) is 98.5. The van der Waals surface area contributed by atoms with Gasteiger partial charge in [0.25, 0.3) is 16.0 Å². The van der Waals surface area contributed by atoms with Crippen molar-refractivity contribution in [2.75, 3.05) is 25.1 Å². The molecule has 4 atom stereocenters. The molecule has 1 aromatic heterocycles. The third-order valence-electron chi connectivity index (χ3n) is 8.71. The van der Waals surface area contributed by atoms with E-state index in [0.717, 1.165) is 0 Å². The zero-order valence-corrected chi connectivity index (χ0v) is 33.7. The topological polar surface area (TPSA) is 368 Å². The number of anilines is 1. The second-order valence-electron chi connectivity index (χ2n) is 13.8. The summed E-state index contributed by atoms with van der Waals surface area (Å²) in [5, 5.41) is 28.6. The quantitative estimate of drug-likeness (QED) is 0.0268. The lowest BCUT2D eigenvalue weighted by atomic mass is 10.0. The molecule has 13 N–H and O–H groups in total. The van der Waals surface area contributed by atoms with E-state index >= 15 is 0 Å². The number of carboxylic acids is 1. The minimum absolute atomic E-state index is 0.0196. The molecule has 23 nitrogen and oxygen atoms in total. The molecule has 0 unspecified atom stereocenters. The van der Waals surface area contributed by atoms with Gasteiger partial charge in [0.1, 0.15) is 30.0 Å². The van der Waals surface area contributed by atoms with Crippen LogP contribution >= 0.6 is 0 Å². The van der Waals surface area contributed by atoms with E-state index in [-0.39, 0.29) is 55.2 Å². The lowest BCUT2D eigenvalue weighted by Gasteiger charge is -2.27. The maximum Gasteiger partial charge on any atom is 0.305 e. The summed E-state index contributed by atoms with van der Waals surface area (Å²) in [5.41, 5.74) is 14.2. The highest BCUT2D eigenvalue weighted by Gasteiger charge is 2.34. The number of amides is 6. The molecule has 24 heteroatoms. The molecule has 1 fully saturated rings. The molecule has 0 aliphatic carbocycles. The first kappa shape index (κ1) is 47.7. The second kappa shape index (κ2) is 23.0. The standard InChI is InChI=1S/C36H50N12O11S/c1-20(2)30-35(56)46-24(7-5-15-40-36(37)38)32(53)42-19-28(49)44-26(16-29(50)51)34(55)45-25(33(54)47-30)6-3-4-14-39-31(52)22-10-13-27(41-18-22)48-43-17-21-8-11-23(12-9-21)60(57,58)59/h8-13,17-18,20,24-26,30H,3-7,14-16,19H2,1-2H3,(H,39,52)(H,41,48)(H,42,53)(H,44,49)(H,45,55)(H,46,56)(H,47,54)(H,50,51)(H4,37,38,40)(H,57,58,59)/b43-17+/t24-,25-,26-,30+/m0/s1. The van der Waals surface area contributed by atoms with Crippen molar-refractivity contribution in [2.24, 2.45) is 27.5 Å².